The van der Waals surface area contributed by atoms with Crippen molar-refractivity contribution in [2.75, 3.05) is 18.6 Å². The molecular formula is C23H21N3O3S. The third kappa shape index (κ3) is 4.41. The molecule has 0 aliphatic rings. The molecule has 2 aromatic carbocycles. The molecule has 0 bridgehead atoms. The van der Waals surface area contributed by atoms with E-state index in [0.29, 0.717) is 23.2 Å². The van der Waals surface area contributed by atoms with Gasteiger partial charge in [0.15, 0.2) is 11.7 Å². The lowest BCUT2D eigenvalue weighted by atomic mass is 10.2. The van der Waals surface area contributed by atoms with Gasteiger partial charge in [0.25, 0.3) is 5.91 Å². The number of thiazole rings is 1. The Morgan fingerprint density at radius 1 is 1.07 bits per heavy atom. The Morgan fingerprint density at radius 3 is 2.63 bits per heavy atom. The summed E-state index contributed by atoms with van der Waals surface area (Å²) in [5, 5.41) is 0.581. The molecule has 4 aromatic rings. The van der Waals surface area contributed by atoms with E-state index in [4.69, 9.17) is 9.47 Å². The van der Waals surface area contributed by atoms with Crippen molar-refractivity contribution in [3.63, 3.8) is 0 Å². The summed E-state index contributed by atoms with van der Waals surface area (Å²) < 4.78 is 12.1. The fraction of sp³-hybridized carbons (Fsp3) is 0.174. The number of nitrogens with zero attached hydrogens (tertiary/aromatic N) is 3. The second-order valence-corrected chi connectivity index (χ2v) is 7.72. The number of carbonyl (C=O) groups is 1. The predicted octanol–water partition coefficient (Wildman–Crippen LogP) is 4.62. The zero-order valence-corrected chi connectivity index (χ0v) is 17.6. The van der Waals surface area contributed by atoms with E-state index in [1.165, 1.54) is 11.3 Å². The van der Waals surface area contributed by atoms with Crippen molar-refractivity contribution in [2.45, 2.75) is 13.5 Å². The van der Waals surface area contributed by atoms with Crippen LogP contribution in [-0.2, 0) is 11.3 Å². The molecule has 0 unspecified atom stereocenters. The average molecular weight is 420 g/mol. The second-order valence-electron chi connectivity index (χ2n) is 6.71. The van der Waals surface area contributed by atoms with Gasteiger partial charge in [0, 0.05) is 6.20 Å². The first-order chi connectivity index (χ1) is 14.6. The van der Waals surface area contributed by atoms with E-state index >= 15 is 0 Å². The highest BCUT2D eigenvalue weighted by molar-refractivity contribution is 7.22. The standard InChI is InChI=1S/C23H21N3O3S/c1-16-9-11-18(12-10-16)29-15-21(27)26(14-17-6-3-4-13-24-17)23-25-22-19(28-2)7-5-8-20(22)30-23/h3-13H,14-15H2,1-2H3. The van der Waals surface area contributed by atoms with Gasteiger partial charge >= 0.3 is 0 Å². The Balaban J connectivity index is 1.62. The molecule has 2 heterocycles. The maximum atomic E-state index is 13.1. The zero-order chi connectivity index (χ0) is 20.9. The van der Waals surface area contributed by atoms with E-state index in [0.717, 1.165) is 21.5 Å². The topological polar surface area (TPSA) is 64.5 Å². The predicted molar refractivity (Wildman–Crippen MR) is 118 cm³/mol. The molecule has 0 radical (unpaired) electrons. The first-order valence-electron chi connectivity index (χ1n) is 9.47. The molecule has 2 aromatic heterocycles. The average Bonchev–Trinajstić information content (AvgIpc) is 3.21. The van der Waals surface area contributed by atoms with Gasteiger partial charge in [0.2, 0.25) is 0 Å². The van der Waals surface area contributed by atoms with Crippen LogP contribution in [-0.4, -0.2) is 29.6 Å². The Labute approximate surface area is 178 Å². The molecule has 0 aliphatic heterocycles. The number of carbonyl (C=O) groups excluding carboxylic acids is 1. The molecule has 1 amide bonds. The zero-order valence-electron chi connectivity index (χ0n) is 16.7. The first-order valence-corrected chi connectivity index (χ1v) is 10.3. The lowest BCUT2D eigenvalue weighted by molar-refractivity contribution is -0.120. The van der Waals surface area contributed by atoms with Crippen LogP contribution in [0.15, 0.2) is 66.9 Å². The van der Waals surface area contributed by atoms with E-state index in [2.05, 4.69) is 9.97 Å². The minimum absolute atomic E-state index is 0.0943. The Morgan fingerprint density at radius 2 is 1.90 bits per heavy atom. The number of pyridine rings is 1. The fourth-order valence-electron chi connectivity index (χ4n) is 2.97. The Bertz CT molecular complexity index is 1140. The second kappa shape index (κ2) is 8.92. The highest BCUT2D eigenvalue weighted by atomic mass is 32.1. The van der Waals surface area contributed by atoms with Crippen LogP contribution in [0.25, 0.3) is 10.2 Å². The van der Waals surface area contributed by atoms with Gasteiger partial charge in [-0.05, 0) is 43.3 Å². The van der Waals surface area contributed by atoms with Crippen LogP contribution in [0.5, 0.6) is 11.5 Å². The highest BCUT2D eigenvalue weighted by Gasteiger charge is 2.22. The van der Waals surface area contributed by atoms with Gasteiger partial charge in [-0.1, -0.05) is 41.2 Å². The van der Waals surface area contributed by atoms with E-state index in [9.17, 15) is 4.79 Å². The van der Waals surface area contributed by atoms with Crippen molar-refractivity contribution in [3.8, 4) is 11.5 Å². The van der Waals surface area contributed by atoms with E-state index in [1.54, 1.807) is 18.2 Å². The summed E-state index contributed by atoms with van der Waals surface area (Å²) in [6.45, 7) is 2.22. The number of hydrogen-bond donors (Lipinski definition) is 0. The number of benzene rings is 2. The number of amides is 1. The molecule has 0 atom stereocenters. The van der Waals surface area contributed by atoms with Crippen LogP contribution < -0.4 is 14.4 Å². The normalized spacial score (nSPS) is 10.7. The minimum Gasteiger partial charge on any atom is -0.494 e. The third-order valence-corrected chi connectivity index (χ3v) is 5.60. The van der Waals surface area contributed by atoms with Crippen LogP contribution in [0, 0.1) is 6.92 Å². The summed E-state index contributed by atoms with van der Waals surface area (Å²) >= 11 is 1.44. The molecule has 7 heteroatoms. The number of ether oxygens (including phenoxy) is 2. The summed E-state index contributed by atoms with van der Waals surface area (Å²) in [5.74, 6) is 1.13. The molecule has 0 spiro atoms. The van der Waals surface area contributed by atoms with Gasteiger partial charge in [-0.2, -0.15) is 0 Å². The lowest BCUT2D eigenvalue weighted by Gasteiger charge is -2.19. The molecule has 0 fully saturated rings. The Hall–Kier alpha value is -3.45. The molecule has 0 saturated carbocycles. The van der Waals surface area contributed by atoms with Gasteiger partial charge in [0.05, 0.1) is 24.0 Å². The molecular weight excluding hydrogens is 398 g/mol. The summed E-state index contributed by atoms with van der Waals surface area (Å²) in [6, 6.07) is 19.0. The number of hydrogen-bond acceptors (Lipinski definition) is 6. The van der Waals surface area contributed by atoms with Gasteiger partial charge in [-0.3, -0.25) is 14.7 Å². The van der Waals surface area contributed by atoms with Crippen LogP contribution in [0.1, 0.15) is 11.3 Å². The molecule has 152 valence electrons. The van der Waals surface area contributed by atoms with Crippen molar-refractivity contribution in [2.24, 2.45) is 0 Å². The van der Waals surface area contributed by atoms with Crippen molar-refractivity contribution < 1.29 is 14.3 Å². The van der Waals surface area contributed by atoms with E-state index in [1.807, 2.05) is 67.6 Å². The van der Waals surface area contributed by atoms with Gasteiger partial charge < -0.3 is 9.47 Å². The molecule has 0 N–H and O–H groups in total. The van der Waals surface area contributed by atoms with Crippen LogP contribution in [0.4, 0.5) is 5.13 Å². The molecule has 0 saturated heterocycles. The SMILES string of the molecule is COc1cccc2sc(N(Cc3ccccn3)C(=O)COc3ccc(C)cc3)nc12. The molecule has 4 rings (SSSR count). The first kappa shape index (κ1) is 19.8. The maximum Gasteiger partial charge on any atom is 0.267 e. The van der Waals surface area contributed by atoms with Gasteiger partial charge in [-0.25, -0.2) is 4.98 Å². The highest BCUT2D eigenvalue weighted by Crippen LogP contribution is 2.34. The monoisotopic (exact) mass is 419 g/mol. The van der Waals surface area contributed by atoms with Gasteiger partial charge in [0.1, 0.15) is 17.0 Å². The lowest BCUT2D eigenvalue weighted by Crippen LogP contribution is -2.34. The number of methoxy groups -OCH3 is 1. The molecule has 6 nitrogen and oxygen atoms in total. The number of rotatable bonds is 7. The van der Waals surface area contributed by atoms with Crippen LogP contribution >= 0.6 is 11.3 Å². The number of anilines is 1. The van der Waals surface area contributed by atoms with Crippen LogP contribution in [0.2, 0.25) is 0 Å². The van der Waals surface area contributed by atoms with Crippen LogP contribution in [0.3, 0.4) is 0 Å². The summed E-state index contributed by atoms with van der Waals surface area (Å²) in [4.78, 5) is 23.8. The van der Waals surface area contributed by atoms with Gasteiger partial charge in [-0.15, -0.1) is 0 Å². The van der Waals surface area contributed by atoms with Crippen molar-refractivity contribution >= 4 is 32.6 Å². The van der Waals surface area contributed by atoms with Crippen molar-refractivity contribution in [3.05, 3.63) is 78.1 Å². The number of aryl methyl sites for hydroxylation is 1. The van der Waals surface area contributed by atoms with Crippen molar-refractivity contribution in [1.29, 1.82) is 0 Å². The maximum absolute atomic E-state index is 13.1. The molecule has 30 heavy (non-hydrogen) atoms. The third-order valence-electron chi connectivity index (χ3n) is 4.55. The largest absolute Gasteiger partial charge is 0.494 e. The van der Waals surface area contributed by atoms with Crippen molar-refractivity contribution in [1.82, 2.24) is 9.97 Å². The molecule has 0 aliphatic carbocycles. The Kier molecular flexibility index (Phi) is 5.90. The smallest absolute Gasteiger partial charge is 0.267 e. The minimum atomic E-state index is -0.195. The number of fused-ring (bicyclic) bond motifs is 1. The van der Waals surface area contributed by atoms with E-state index < -0.39 is 0 Å². The summed E-state index contributed by atoms with van der Waals surface area (Å²) in [5.41, 5.74) is 2.64. The summed E-state index contributed by atoms with van der Waals surface area (Å²) in [6.07, 6.45) is 1.71. The quantitative estimate of drug-likeness (QED) is 0.437. The summed E-state index contributed by atoms with van der Waals surface area (Å²) in [7, 11) is 1.61. The van der Waals surface area contributed by atoms with E-state index in [-0.39, 0.29) is 12.5 Å². The fourth-order valence-corrected chi connectivity index (χ4v) is 3.97. The number of aromatic nitrogens is 2. The number of para-hydroxylation sites is 1.